The lowest BCUT2D eigenvalue weighted by atomic mass is 10.1. The van der Waals surface area contributed by atoms with Gasteiger partial charge in [-0.15, -0.1) is 0 Å². The average Bonchev–Trinajstić information content (AvgIpc) is 3.13. The van der Waals surface area contributed by atoms with E-state index < -0.39 is 0 Å². The average molecular weight is 794 g/mol. The van der Waals surface area contributed by atoms with Crippen molar-refractivity contribution in [1.29, 1.82) is 0 Å². The molecule has 0 aromatic carbocycles. The fraction of sp³-hybridized carbons (Fsp3) is 1.00. The van der Waals surface area contributed by atoms with Gasteiger partial charge < -0.3 is 61.6 Å². The first-order chi connectivity index (χ1) is 24.9. The van der Waals surface area contributed by atoms with Crippen molar-refractivity contribution in [2.24, 2.45) is 0 Å². The summed E-state index contributed by atoms with van der Waals surface area (Å²) in [4.78, 5) is 0. The Morgan fingerprint density at radius 2 is 0.400 bits per heavy atom. The molecule has 0 aromatic heterocycles. The molecule has 0 saturated carbocycles. The summed E-state index contributed by atoms with van der Waals surface area (Å²) in [6.45, 7) is 16.8. The number of ether oxygens (including phenoxy) is 13. The summed E-state index contributed by atoms with van der Waals surface area (Å²) in [6.07, 6.45) is 10.5. The van der Waals surface area contributed by atoms with Crippen LogP contribution in [0.4, 0.5) is 0 Å². The lowest BCUT2D eigenvalue weighted by Gasteiger charge is -2.09. The highest BCUT2D eigenvalue weighted by Crippen LogP contribution is 2.08. The summed E-state index contributed by atoms with van der Waals surface area (Å²) in [7, 11) is 0. The van der Waals surface area contributed by atoms with Crippen molar-refractivity contribution >= 4 is 15.9 Å². The highest BCUT2D eigenvalue weighted by Gasteiger charge is 1.97. The summed E-state index contributed by atoms with van der Waals surface area (Å²) < 4.78 is 71.3. The van der Waals surface area contributed by atoms with E-state index in [9.17, 15) is 0 Å². The molecule has 0 unspecified atom stereocenters. The summed E-state index contributed by atoms with van der Waals surface area (Å²) in [5.41, 5.74) is 0. The molecule has 0 aliphatic rings. The van der Waals surface area contributed by atoms with E-state index in [2.05, 4.69) is 22.9 Å². The van der Waals surface area contributed by atoms with E-state index in [0.29, 0.717) is 165 Å². The Bertz CT molecular complexity index is 536. The Labute approximate surface area is 312 Å². The van der Waals surface area contributed by atoms with Gasteiger partial charge in [-0.2, -0.15) is 0 Å². The first-order valence-electron chi connectivity index (χ1n) is 19.0. The van der Waals surface area contributed by atoms with E-state index in [1.807, 2.05) is 0 Å². The molecule has 0 heterocycles. The lowest BCUT2D eigenvalue weighted by molar-refractivity contribution is -0.0289. The number of halogens is 1. The number of hydrogen-bond donors (Lipinski definition) is 0. The molecule has 0 radical (unpaired) electrons. The topological polar surface area (TPSA) is 120 Å². The van der Waals surface area contributed by atoms with Gasteiger partial charge in [0.05, 0.1) is 165 Å². The molecular formula is C36H73BrO13. The standard InChI is InChI=1S/C36H73BrO13/c1-2-3-4-5-6-7-8-9-11-38-13-15-40-17-19-42-21-23-44-25-27-46-29-31-48-33-35-50-36-34-49-32-30-47-28-26-45-24-22-43-20-18-41-16-14-39-12-10-37/h2-36H2,1H3. The van der Waals surface area contributed by atoms with Crippen molar-refractivity contribution < 1.29 is 61.6 Å². The van der Waals surface area contributed by atoms with Gasteiger partial charge in [-0.3, -0.25) is 0 Å². The molecule has 0 amide bonds. The number of alkyl halides is 1. The quantitative estimate of drug-likeness (QED) is 0.0625. The molecule has 0 rings (SSSR count). The van der Waals surface area contributed by atoms with Crippen LogP contribution in [0.3, 0.4) is 0 Å². The summed E-state index contributed by atoms with van der Waals surface area (Å²) in [5, 5.41) is 0.838. The zero-order valence-electron chi connectivity index (χ0n) is 31.4. The molecule has 14 heteroatoms. The van der Waals surface area contributed by atoms with E-state index in [-0.39, 0.29) is 0 Å². The monoisotopic (exact) mass is 792 g/mol. The second-order valence-electron chi connectivity index (χ2n) is 11.1. The Morgan fingerprint density at radius 1 is 0.220 bits per heavy atom. The van der Waals surface area contributed by atoms with Crippen molar-refractivity contribution in [2.75, 3.05) is 177 Å². The Kier molecular flexibility index (Phi) is 48.9. The molecule has 13 nitrogen and oxygen atoms in total. The van der Waals surface area contributed by atoms with Crippen molar-refractivity contribution in [1.82, 2.24) is 0 Å². The van der Waals surface area contributed by atoms with Crippen LogP contribution in [0.15, 0.2) is 0 Å². The maximum absolute atomic E-state index is 5.63. The first kappa shape index (κ1) is 50.0. The molecular weight excluding hydrogens is 720 g/mol. The Morgan fingerprint density at radius 3 is 0.620 bits per heavy atom. The van der Waals surface area contributed by atoms with Gasteiger partial charge in [0, 0.05) is 11.9 Å². The van der Waals surface area contributed by atoms with Gasteiger partial charge in [-0.05, 0) is 6.42 Å². The summed E-state index contributed by atoms with van der Waals surface area (Å²) in [5.74, 6) is 0. The van der Waals surface area contributed by atoms with Gasteiger partial charge in [-0.1, -0.05) is 67.8 Å². The molecule has 0 aromatic rings. The van der Waals surface area contributed by atoms with Crippen LogP contribution < -0.4 is 0 Å². The summed E-state index contributed by atoms with van der Waals surface area (Å²) >= 11 is 3.30. The molecule has 0 atom stereocenters. The van der Waals surface area contributed by atoms with Crippen LogP contribution in [0.1, 0.15) is 58.3 Å². The SMILES string of the molecule is CCCCCCCCCCOCCOCCOCCOCCOCCOCCOCCOCCOCCOCCOCCOCCOCCBr. The van der Waals surface area contributed by atoms with Crippen LogP contribution in [0, 0.1) is 0 Å². The van der Waals surface area contributed by atoms with E-state index >= 15 is 0 Å². The van der Waals surface area contributed by atoms with Gasteiger partial charge in [-0.25, -0.2) is 0 Å². The molecule has 0 bridgehead atoms. The molecule has 50 heavy (non-hydrogen) atoms. The third-order valence-corrected chi connectivity index (χ3v) is 7.15. The third kappa shape index (κ3) is 48.0. The maximum Gasteiger partial charge on any atom is 0.0701 e. The summed E-state index contributed by atoms with van der Waals surface area (Å²) in [6, 6.07) is 0. The van der Waals surface area contributed by atoms with Crippen LogP contribution in [0.25, 0.3) is 0 Å². The van der Waals surface area contributed by atoms with Gasteiger partial charge >= 0.3 is 0 Å². The smallest absolute Gasteiger partial charge is 0.0701 e. The predicted molar refractivity (Wildman–Crippen MR) is 197 cm³/mol. The van der Waals surface area contributed by atoms with Crippen LogP contribution >= 0.6 is 15.9 Å². The molecule has 302 valence electrons. The van der Waals surface area contributed by atoms with Crippen LogP contribution in [0.2, 0.25) is 0 Å². The molecule has 0 spiro atoms. The van der Waals surface area contributed by atoms with Crippen LogP contribution in [-0.4, -0.2) is 177 Å². The first-order valence-corrected chi connectivity index (χ1v) is 20.1. The van der Waals surface area contributed by atoms with E-state index in [0.717, 1.165) is 18.4 Å². The fourth-order valence-corrected chi connectivity index (χ4v) is 4.36. The Balaban J connectivity index is 3.04. The predicted octanol–water partition coefficient (Wildman–Crippen LogP) is 4.74. The largest absolute Gasteiger partial charge is 0.379 e. The van der Waals surface area contributed by atoms with Crippen molar-refractivity contribution in [3.63, 3.8) is 0 Å². The minimum atomic E-state index is 0.515. The van der Waals surface area contributed by atoms with Crippen molar-refractivity contribution in [3.05, 3.63) is 0 Å². The van der Waals surface area contributed by atoms with Crippen LogP contribution in [0.5, 0.6) is 0 Å². The normalized spacial score (nSPS) is 11.6. The number of rotatable bonds is 47. The van der Waals surface area contributed by atoms with Gasteiger partial charge in [0.25, 0.3) is 0 Å². The van der Waals surface area contributed by atoms with Gasteiger partial charge in [0.15, 0.2) is 0 Å². The Hall–Kier alpha value is -0.0400. The second-order valence-corrected chi connectivity index (χ2v) is 11.9. The zero-order chi connectivity index (χ0) is 35.9. The number of hydrogen-bond acceptors (Lipinski definition) is 13. The van der Waals surface area contributed by atoms with Crippen molar-refractivity contribution in [2.45, 2.75) is 58.3 Å². The lowest BCUT2D eigenvalue weighted by Crippen LogP contribution is -2.15. The molecule has 0 N–H and O–H groups in total. The van der Waals surface area contributed by atoms with E-state index in [1.54, 1.807) is 0 Å². The number of unbranched alkanes of at least 4 members (excludes halogenated alkanes) is 7. The van der Waals surface area contributed by atoms with Crippen molar-refractivity contribution in [3.8, 4) is 0 Å². The minimum absolute atomic E-state index is 0.515. The van der Waals surface area contributed by atoms with E-state index in [1.165, 1.54) is 44.9 Å². The molecule has 0 aliphatic carbocycles. The molecule has 0 fully saturated rings. The third-order valence-electron chi connectivity index (χ3n) is 6.83. The van der Waals surface area contributed by atoms with E-state index in [4.69, 9.17) is 61.6 Å². The molecule has 0 saturated heterocycles. The minimum Gasteiger partial charge on any atom is -0.379 e. The maximum atomic E-state index is 5.63. The van der Waals surface area contributed by atoms with Gasteiger partial charge in [0.1, 0.15) is 0 Å². The molecule has 0 aliphatic heterocycles. The van der Waals surface area contributed by atoms with Crippen LogP contribution in [-0.2, 0) is 61.6 Å². The fourth-order valence-electron chi connectivity index (χ4n) is 4.13. The second kappa shape index (κ2) is 49.0. The zero-order valence-corrected chi connectivity index (χ0v) is 33.0. The van der Waals surface area contributed by atoms with Gasteiger partial charge in [0.2, 0.25) is 0 Å². The highest BCUT2D eigenvalue weighted by atomic mass is 79.9. The highest BCUT2D eigenvalue weighted by molar-refractivity contribution is 9.09.